The molecule has 0 atom stereocenters. The van der Waals surface area contributed by atoms with Crippen LogP contribution in [-0.2, 0) is 31.9 Å². The van der Waals surface area contributed by atoms with E-state index < -0.39 is 13.3 Å². The fourth-order valence-electron chi connectivity index (χ4n) is 6.39. The Labute approximate surface area is 313 Å². The molecule has 4 heterocycles. The van der Waals surface area contributed by atoms with Crippen LogP contribution in [0.3, 0.4) is 0 Å². The van der Waals surface area contributed by atoms with Gasteiger partial charge in [-0.25, -0.2) is 4.98 Å². The second kappa shape index (κ2) is 15.0. The van der Waals surface area contributed by atoms with Crippen molar-refractivity contribution in [3.63, 3.8) is 0 Å². The summed E-state index contributed by atoms with van der Waals surface area (Å²) in [6.45, 7) is 15.4. The molecule has 0 aliphatic carbocycles. The van der Waals surface area contributed by atoms with Gasteiger partial charge in [0.1, 0.15) is 0 Å². The smallest absolute Gasteiger partial charge is 0.216 e. The van der Waals surface area contributed by atoms with Crippen molar-refractivity contribution in [2.24, 2.45) is 5.92 Å². The van der Waals surface area contributed by atoms with Crippen LogP contribution in [-0.4, -0.2) is 32.8 Å². The van der Waals surface area contributed by atoms with Gasteiger partial charge in [0.25, 0.3) is 0 Å². The normalized spacial score (nSPS) is 12.1. The Kier molecular flexibility index (Phi) is 11.3. The first-order chi connectivity index (χ1) is 23.2. The van der Waals surface area contributed by atoms with Crippen LogP contribution >= 0.6 is 0 Å². The van der Waals surface area contributed by atoms with E-state index in [1.54, 1.807) is 4.40 Å². The van der Waals surface area contributed by atoms with Crippen LogP contribution in [0, 0.1) is 18.1 Å². The zero-order valence-corrected chi connectivity index (χ0v) is 35.5. The molecule has 0 unspecified atom stereocenters. The monoisotopic (exact) mass is 903 g/mol. The predicted octanol–water partition coefficient (Wildman–Crippen LogP) is 11.0. The van der Waals surface area contributed by atoms with E-state index in [2.05, 4.69) is 137 Å². The van der Waals surface area contributed by atoms with Crippen molar-refractivity contribution in [3.05, 3.63) is 108 Å². The Morgan fingerprint density at radius 2 is 1.58 bits per heavy atom. The topological polar surface area (TPSA) is 56.7 Å². The van der Waals surface area contributed by atoms with Gasteiger partial charge in [0.05, 0.1) is 22.4 Å². The number of hydrogen-bond acceptors (Lipinski definition) is 4. The molecule has 1 radical (unpaired) electrons. The molecule has 7 heteroatoms. The van der Waals surface area contributed by atoms with E-state index in [1.807, 2.05) is 30.3 Å². The maximum Gasteiger partial charge on any atom is 0.216 e. The van der Waals surface area contributed by atoms with Crippen molar-refractivity contribution in [2.45, 2.75) is 83.6 Å². The van der Waals surface area contributed by atoms with Gasteiger partial charge in [0.15, 0.2) is 0 Å². The molecule has 0 aliphatic rings. The molecule has 0 fully saturated rings. The molecule has 3 aromatic carbocycles. The second-order valence-electron chi connectivity index (χ2n) is 15.8. The van der Waals surface area contributed by atoms with Crippen molar-refractivity contribution in [1.82, 2.24) is 19.5 Å². The first-order valence-electron chi connectivity index (χ1n) is 17.4. The summed E-state index contributed by atoms with van der Waals surface area (Å²) in [5.74, 6) is 8.92. The van der Waals surface area contributed by atoms with Crippen molar-refractivity contribution in [1.29, 1.82) is 0 Å². The molecule has 0 amide bonds. The molecule has 0 N–H and O–H groups in total. The zero-order chi connectivity index (χ0) is 35.1. The van der Waals surface area contributed by atoms with Gasteiger partial charge in [-0.15, -0.1) is 23.8 Å². The number of para-hydroxylation sites is 2. The van der Waals surface area contributed by atoms with Gasteiger partial charge in [-0.2, -0.15) is 0 Å². The molecule has 0 spiro atoms. The molecule has 7 rings (SSSR count). The van der Waals surface area contributed by atoms with E-state index in [0.717, 1.165) is 62.1 Å². The van der Waals surface area contributed by atoms with Gasteiger partial charge in [-0.05, 0) is 38.1 Å². The van der Waals surface area contributed by atoms with Crippen LogP contribution in [0.5, 0.6) is 0 Å². The van der Waals surface area contributed by atoms with Crippen LogP contribution in [0.25, 0.3) is 55.7 Å². The Morgan fingerprint density at radius 3 is 2.24 bits per heavy atom. The summed E-state index contributed by atoms with van der Waals surface area (Å²) in [6.07, 6.45) is 3.27. The second-order valence-corrected chi connectivity index (χ2v) is 26.3. The molecule has 5 nitrogen and oxygen atoms in total. The van der Waals surface area contributed by atoms with Crippen molar-refractivity contribution >= 4 is 50.8 Å². The van der Waals surface area contributed by atoms with Crippen LogP contribution in [0.4, 0.5) is 0 Å². The van der Waals surface area contributed by atoms with Gasteiger partial charge in [0.2, 0.25) is 5.71 Å². The minimum absolute atomic E-state index is 0. The molecule has 0 bridgehead atoms. The number of benzene rings is 3. The summed E-state index contributed by atoms with van der Waals surface area (Å²) in [7, 11) is 0. The summed E-state index contributed by atoms with van der Waals surface area (Å²) in [6, 6.07) is 33.8. The molecule has 4 aromatic heterocycles. The third-order valence-electron chi connectivity index (χ3n) is 8.80. The summed E-state index contributed by atoms with van der Waals surface area (Å²) >= 11 is -1.86. The van der Waals surface area contributed by atoms with Crippen LogP contribution in [0.15, 0.2) is 89.5 Å². The van der Waals surface area contributed by atoms with Gasteiger partial charge < -0.3 is 8.98 Å². The minimum atomic E-state index is -1.86. The van der Waals surface area contributed by atoms with Crippen molar-refractivity contribution in [3.8, 4) is 22.6 Å². The van der Waals surface area contributed by atoms with E-state index in [0.29, 0.717) is 17.7 Å². The number of pyridine rings is 2. The van der Waals surface area contributed by atoms with Crippen LogP contribution in [0.1, 0.15) is 65.8 Å². The van der Waals surface area contributed by atoms with E-state index >= 15 is 0 Å². The minimum Gasteiger partial charge on any atom is -0.486 e. The quantitative estimate of drug-likeness (QED) is 0.123. The molecule has 261 valence electrons. The zero-order valence-electron chi connectivity index (χ0n) is 31.0. The molecular formula is C43H48GeIrN4O-2. The number of rotatable bonds is 6. The average molecular weight is 902 g/mol. The summed E-state index contributed by atoms with van der Waals surface area (Å²) in [5.41, 5.74) is 9.21. The maximum atomic E-state index is 6.05. The predicted molar refractivity (Wildman–Crippen MR) is 208 cm³/mol. The van der Waals surface area contributed by atoms with E-state index in [1.165, 1.54) is 5.56 Å². The van der Waals surface area contributed by atoms with Crippen molar-refractivity contribution < 1.29 is 24.5 Å². The van der Waals surface area contributed by atoms with Gasteiger partial charge >= 0.3 is 126 Å². The third kappa shape index (κ3) is 7.98. The fraction of sp³-hybridized carbons (Fsp3) is 0.326. The third-order valence-corrected chi connectivity index (χ3v) is 13.1. The van der Waals surface area contributed by atoms with E-state index in [4.69, 9.17) is 19.4 Å². The van der Waals surface area contributed by atoms with Crippen LogP contribution in [0.2, 0.25) is 17.3 Å². The number of furan rings is 1. The maximum absolute atomic E-state index is 6.05. The Hall–Kier alpha value is -3.58. The Balaban J connectivity index is 0.000000204. The molecule has 50 heavy (non-hydrogen) atoms. The molecule has 0 aliphatic heterocycles. The molecular weight excluding hydrogens is 853 g/mol. The fourth-order valence-corrected chi connectivity index (χ4v) is 9.72. The van der Waals surface area contributed by atoms with Crippen LogP contribution < -0.4 is 4.40 Å². The van der Waals surface area contributed by atoms with E-state index in [-0.39, 0.29) is 25.5 Å². The first kappa shape index (κ1) is 37.7. The molecule has 0 saturated heterocycles. The number of hydrogen-bond donors (Lipinski definition) is 0. The standard InChI is InChI=1S/C25H24N3O.C18H24GeN.Ir/c1-15(2)28-20-9-7-6-8-19(20)26-23(28)16-10-12-21-18(14-16)17-11-13-22(25(3,4)5)27-24(17)29-21;1-14(2)11-16-12-18(15-9-7-6-8-10-15)20-13-17(16)19(3,4)5;/h6-9,11-15H,1-5H3;6-9,12-14H,11H2,1-5H3;/q2*-1;. The SMILES string of the molecule is CC(C)Cc1cc(-c2[c-]cccc2)nc[c]1[Ge]([CH3])([CH3])[CH3].CC(C)n1c(-c2[c-]cc3oc4nc(C(C)(C)C)ccc4c3c2)nc2ccccc21.[Ir]. The average Bonchev–Trinajstić information content (AvgIpc) is 3.62. The van der Waals surface area contributed by atoms with Gasteiger partial charge in [-0.3, -0.25) is 4.98 Å². The summed E-state index contributed by atoms with van der Waals surface area (Å²) in [5, 5.41) is 2.07. The molecule has 7 aromatic rings. The summed E-state index contributed by atoms with van der Waals surface area (Å²) in [4.78, 5) is 14.4. The first-order valence-corrected chi connectivity index (χ1v) is 24.7. The number of aromatic nitrogens is 4. The molecule has 0 saturated carbocycles. The van der Waals surface area contributed by atoms with Crippen molar-refractivity contribution in [2.75, 3.05) is 0 Å². The van der Waals surface area contributed by atoms with Gasteiger partial charge in [-0.1, -0.05) is 38.3 Å². The van der Waals surface area contributed by atoms with Gasteiger partial charge in [0, 0.05) is 42.6 Å². The number of nitrogens with zero attached hydrogens (tertiary/aromatic N) is 4. The largest absolute Gasteiger partial charge is 0.486 e. The van der Waals surface area contributed by atoms with E-state index in [9.17, 15) is 0 Å². The number of imidazole rings is 1. The summed E-state index contributed by atoms with van der Waals surface area (Å²) < 4.78 is 9.86. The Morgan fingerprint density at radius 1 is 0.840 bits per heavy atom. The Bertz CT molecular complexity index is 2240. The number of fused-ring (bicyclic) bond motifs is 4.